The summed E-state index contributed by atoms with van der Waals surface area (Å²) < 4.78 is 0. The Kier molecular flexibility index (Phi) is 2.03. The van der Waals surface area contributed by atoms with Crippen molar-refractivity contribution in [3.05, 3.63) is 11.0 Å². The number of fused-ring (bicyclic) bond motifs is 1. The highest BCUT2D eigenvalue weighted by molar-refractivity contribution is 8.03. The summed E-state index contributed by atoms with van der Waals surface area (Å²) in [6.07, 6.45) is 6.56. The van der Waals surface area contributed by atoms with Crippen LogP contribution in [0.3, 0.4) is 0 Å². The van der Waals surface area contributed by atoms with Crippen LogP contribution in [0.25, 0.3) is 0 Å². The molecule has 0 radical (unpaired) electrons. The summed E-state index contributed by atoms with van der Waals surface area (Å²) in [7, 11) is 0. The van der Waals surface area contributed by atoms with Gasteiger partial charge in [0.05, 0.1) is 0 Å². The molecule has 11 heavy (non-hydrogen) atoms. The number of hydrogen-bond acceptors (Lipinski definition) is 2. The van der Waals surface area contributed by atoms with E-state index in [-0.39, 0.29) is 0 Å². The first-order valence-corrected chi connectivity index (χ1v) is 5.22. The van der Waals surface area contributed by atoms with Crippen molar-refractivity contribution in [2.75, 3.05) is 5.75 Å². The summed E-state index contributed by atoms with van der Waals surface area (Å²) in [5.74, 6) is 1.80. The van der Waals surface area contributed by atoms with Gasteiger partial charge in [-0.1, -0.05) is 6.08 Å². The summed E-state index contributed by atoms with van der Waals surface area (Å²) in [4.78, 5) is 12.7. The highest BCUT2D eigenvalue weighted by Gasteiger charge is 2.28. The molecule has 60 valence electrons. The van der Waals surface area contributed by atoms with Crippen molar-refractivity contribution < 1.29 is 4.79 Å². The monoisotopic (exact) mass is 168 g/mol. The van der Waals surface area contributed by atoms with Crippen molar-refractivity contribution in [1.82, 2.24) is 0 Å². The van der Waals surface area contributed by atoms with Gasteiger partial charge in [0, 0.05) is 18.1 Å². The lowest BCUT2D eigenvalue weighted by Gasteiger charge is -2.26. The van der Waals surface area contributed by atoms with Crippen molar-refractivity contribution in [3.63, 3.8) is 0 Å². The minimum Gasteiger partial charge on any atom is -0.299 e. The van der Waals surface area contributed by atoms with E-state index in [0.29, 0.717) is 11.7 Å². The molecule has 1 aliphatic carbocycles. The molecule has 1 nitrogen and oxygen atoms in total. The maximum absolute atomic E-state index is 11.4. The van der Waals surface area contributed by atoms with Crippen LogP contribution in [-0.2, 0) is 4.79 Å². The molecule has 2 heteroatoms. The van der Waals surface area contributed by atoms with Gasteiger partial charge in [-0.2, -0.15) is 0 Å². The van der Waals surface area contributed by atoms with E-state index < -0.39 is 0 Å². The fourth-order valence-electron chi connectivity index (χ4n) is 1.77. The normalized spacial score (nSPS) is 31.1. The van der Waals surface area contributed by atoms with E-state index in [0.717, 1.165) is 18.6 Å². The Morgan fingerprint density at radius 3 is 3.27 bits per heavy atom. The van der Waals surface area contributed by atoms with Crippen molar-refractivity contribution in [2.24, 2.45) is 5.92 Å². The molecule has 1 fully saturated rings. The minimum atomic E-state index is 0.308. The number of Topliss-reactive ketones (excluding diaryl/α,β-unsaturated/α-hetero) is 1. The molecule has 1 unspecified atom stereocenters. The summed E-state index contributed by atoms with van der Waals surface area (Å²) in [6, 6.07) is 0. The van der Waals surface area contributed by atoms with Gasteiger partial charge in [-0.3, -0.25) is 4.79 Å². The zero-order valence-corrected chi connectivity index (χ0v) is 7.32. The van der Waals surface area contributed by atoms with Crippen molar-refractivity contribution >= 4 is 17.5 Å². The van der Waals surface area contributed by atoms with Crippen molar-refractivity contribution in [2.45, 2.75) is 25.7 Å². The van der Waals surface area contributed by atoms with Crippen LogP contribution in [0, 0.1) is 5.92 Å². The van der Waals surface area contributed by atoms with Gasteiger partial charge in [-0.15, -0.1) is 11.8 Å². The summed E-state index contributed by atoms with van der Waals surface area (Å²) >= 11 is 1.89. The smallest absolute Gasteiger partial charge is 0.141 e. The van der Waals surface area contributed by atoms with Crippen LogP contribution in [0.15, 0.2) is 11.0 Å². The third-order valence-corrected chi connectivity index (χ3v) is 3.58. The molecule has 0 aromatic carbocycles. The quantitative estimate of drug-likeness (QED) is 0.552. The lowest BCUT2D eigenvalue weighted by Crippen LogP contribution is -2.22. The van der Waals surface area contributed by atoms with Crippen molar-refractivity contribution in [3.8, 4) is 0 Å². The molecule has 2 aliphatic rings. The molecule has 0 bridgehead atoms. The largest absolute Gasteiger partial charge is 0.299 e. The van der Waals surface area contributed by atoms with E-state index in [2.05, 4.69) is 6.08 Å². The van der Waals surface area contributed by atoms with E-state index >= 15 is 0 Å². The third kappa shape index (κ3) is 1.36. The predicted octanol–water partition coefficient (Wildman–Crippen LogP) is 2.38. The number of thioether (sulfide) groups is 1. The number of allylic oxidation sites excluding steroid dienone is 2. The summed E-state index contributed by atoms with van der Waals surface area (Å²) in [5.41, 5.74) is 0. The Morgan fingerprint density at radius 1 is 1.55 bits per heavy atom. The molecule has 0 aromatic rings. The molecule has 1 saturated heterocycles. The molecule has 1 aliphatic heterocycles. The first-order valence-electron chi connectivity index (χ1n) is 4.23. The summed E-state index contributed by atoms with van der Waals surface area (Å²) in [5, 5.41) is 0. The second-order valence-corrected chi connectivity index (χ2v) is 4.32. The molecular weight excluding hydrogens is 156 g/mol. The maximum Gasteiger partial charge on any atom is 0.141 e. The fourth-order valence-corrected chi connectivity index (χ4v) is 3.00. The molecule has 0 amide bonds. The van der Waals surface area contributed by atoms with Gasteiger partial charge < -0.3 is 0 Å². The molecule has 1 atom stereocenters. The average Bonchev–Trinajstić information content (AvgIpc) is 2.06. The Bertz CT molecular complexity index is 208. The predicted molar refractivity (Wildman–Crippen MR) is 47.5 cm³/mol. The molecule has 1 heterocycles. The summed E-state index contributed by atoms with van der Waals surface area (Å²) in [6.45, 7) is 0. The van der Waals surface area contributed by atoms with Gasteiger partial charge in [-0.05, 0) is 24.2 Å². The Labute approximate surface area is 71.2 Å². The van der Waals surface area contributed by atoms with Crippen LogP contribution in [0.2, 0.25) is 0 Å². The second kappa shape index (κ2) is 3.02. The van der Waals surface area contributed by atoms with Crippen molar-refractivity contribution in [1.29, 1.82) is 0 Å². The van der Waals surface area contributed by atoms with Gasteiger partial charge in [0.25, 0.3) is 0 Å². The Morgan fingerprint density at radius 2 is 2.45 bits per heavy atom. The lowest BCUT2D eigenvalue weighted by molar-refractivity contribution is -0.121. The first kappa shape index (κ1) is 7.41. The molecule has 2 rings (SSSR count). The number of rotatable bonds is 0. The van der Waals surface area contributed by atoms with E-state index in [1.165, 1.54) is 17.7 Å². The zero-order chi connectivity index (χ0) is 7.68. The average molecular weight is 168 g/mol. The first-order chi connectivity index (χ1) is 5.38. The number of ketones is 1. The van der Waals surface area contributed by atoms with Crippen LogP contribution in [0.5, 0.6) is 0 Å². The van der Waals surface area contributed by atoms with E-state index in [1.54, 1.807) is 0 Å². The van der Waals surface area contributed by atoms with Crippen LogP contribution < -0.4 is 0 Å². The topological polar surface area (TPSA) is 17.1 Å². The van der Waals surface area contributed by atoms with Gasteiger partial charge >= 0.3 is 0 Å². The maximum atomic E-state index is 11.4. The second-order valence-electron chi connectivity index (χ2n) is 3.15. The lowest BCUT2D eigenvalue weighted by atomic mass is 9.90. The third-order valence-electron chi connectivity index (χ3n) is 2.39. The zero-order valence-electron chi connectivity index (χ0n) is 6.51. The van der Waals surface area contributed by atoms with Crippen LogP contribution in [0.4, 0.5) is 0 Å². The fraction of sp³-hybridized carbons (Fsp3) is 0.667. The highest BCUT2D eigenvalue weighted by atomic mass is 32.2. The van der Waals surface area contributed by atoms with Crippen LogP contribution >= 0.6 is 11.8 Å². The Hall–Kier alpha value is -0.240. The van der Waals surface area contributed by atoms with Crippen LogP contribution in [-0.4, -0.2) is 11.5 Å². The number of hydrogen-bond donors (Lipinski definition) is 0. The molecule has 0 saturated carbocycles. The van der Waals surface area contributed by atoms with Gasteiger partial charge in [0.15, 0.2) is 0 Å². The molecular formula is C9H12OS. The molecule has 0 N–H and O–H groups in total. The molecule has 0 spiro atoms. The van der Waals surface area contributed by atoms with Crippen LogP contribution in [0.1, 0.15) is 25.7 Å². The SMILES string of the molecule is O=C1CCSC2=CCCCC12. The van der Waals surface area contributed by atoms with E-state index in [1.807, 2.05) is 11.8 Å². The minimum absolute atomic E-state index is 0.308. The van der Waals surface area contributed by atoms with Gasteiger partial charge in [-0.25, -0.2) is 0 Å². The van der Waals surface area contributed by atoms with Gasteiger partial charge in [0.2, 0.25) is 0 Å². The Balaban J connectivity index is 2.20. The van der Waals surface area contributed by atoms with Gasteiger partial charge in [0.1, 0.15) is 5.78 Å². The standard InChI is InChI=1S/C9H12OS/c10-8-5-6-11-9-4-2-1-3-7(8)9/h4,7H,1-3,5-6H2. The van der Waals surface area contributed by atoms with E-state index in [4.69, 9.17) is 0 Å². The molecule has 0 aromatic heterocycles. The highest BCUT2D eigenvalue weighted by Crippen LogP contribution is 2.38. The van der Waals surface area contributed by atoms with E-state index in [9.17, 15) is 4.79 Å². The number of carbonyl (C=O) groups excluding carboxylic acids is 1. The number of carbonyl (C=O) groups is 1.